The number of carbonyl (C=O) groups is 3. The van der Waals surface area contributed by atoms with E-state index in [1.54, 1.807) is 42.6 Å². The SMILES string of the molecule is CC(=O)Nc1ccccc1C(=O)C(=O)NCc1ccccn1. The van der Waals surface area contributed by atoms with Crippen LogP contribution in [0.3, 0.4) is 0 Å². The van der Waals surface area contributed by atoms with Crippen molar-refractivity contribution in [2.45, 2.75) is 13.5 Å². The Balaban J connectivity index is 2.07. The number of nitrogens with zero attached hydrogens (tertiary/aromatic N) is 1. The van der Waals surface area contributed by atoms with E-state index in [-0.39, 0.29) is 18.0 Å². The number of hydrogen-bond donors (Lipinski definition) is 2. The van der Waals surface area contributed by atoms with Crippen molar-refractivity contribution in [1.29, 1.82) is 0 Å². The molecule has 0 atom stereocenters. The number of anilines is 1. The Morgan fingerprint density at radius 2 is 1.77 bits per heavy atom. The van der Waals surface area contributed by atoms with E-state index in [0.717, 1.165) is 0 Å². The first-order chi connectivity index (χ1) is 10.6. The van der Waals surface area contributed by atoms with Gasteiger partial charge in [-0.15, -0.1) is 0 Å². The fraction of sp³-hybridized carbons (Fsp3) is 0.125. The molecule has 2 rings (SSSR count). The Morgan fingerprint density at radius 3 is 2.45 bits per heavy atom. The van der Waals surface area contributed by atoms with Gasteiger partial charge in [-0.3, -0.25) is 19.4 Å². The summed E-state index contributed by atoms with van der Waals surface area (Å²) in [7, 11) is 0. The first-order valence-corrected chi connectivity index (χ1v) is 6.67. The summed E-state index contributed by atoms with van der Waals surface area (Å²) in [4.78, 5) is 39.3. The Kier molecular flexibility index (Phi) is 4.98. The topological polar surface area (TPSA) is 88.2 Å². The number of amides is 2. The van der Waals surface area contributed by atoms with E-state index in [2.05, 4.69) is 15.6 Å². The summed E-state index contributed by atoms with van der Waals surface area (Å²) in [6, 6.07) is 11.7. The molecule has 0 spiro atoms. The zero-order chi connectivity index (χ0) is 15.9. The molecule has 6 nitrogen and oxygen atoms in total. The van der Waals surface area contributed by atoms with Crippen molar-refractivity contribution in [2.24, 2.45) is 0 Å². The van der Waals surface area contributed by atoms with Gasteiger partial charge < -0.3 is 10.6 Å². The average molecular weight is 297 g/mol. The van der Waals surface area contributed by atoms with Gasteiger partial charge in [0.1, 0.15) is 0 Å². The van der Waals surface area contributed by atoms with Crippen LogP contribution in [0.4, 0.5) is 5.69 Å². The summed E-state index contributed by atoms with van der Waals surface area (Å²) in [6.45, 7) is 1.50. The van der Waals surface area contributed by atoms with Crippen LogP contribution in [0.5, 0.6) is 0 Å². The van der Waals surface area contributed by atoms with E-state index in [1.807, 2.05) is 0 Å². The Bertz CT molecular complexity index is 699. The van der Waals surface area contributed by atoms with Crippen LogP contribution in [0.2, 0.25) is 0 Å². The van der Waals surface area contributed by atoms with Crippen molar-refractivity contribution in [2.75, 3.05) is 5.32 Å². The van der Waals surface area contributed by atoms with Crippen LogP contribution in [0.15, 0.2) is 48.7 Å². The fourth-order valence-corrected chi connectivity index (χ4v) is 1.86. The van der Waals surface area contributed by atoms with E-state index in [9.17, 15) is 14.4 Å². The number of carbonyl (C=O) groups excluding carboxylic acids is 3. The van der Waals surface area contributed by atoms with Crippen LogP contribution in [-0.4, -0.2) is 22.6 Å². The summed E-state index contributed by atoms with van der Waals surface area (Å²) < 4.78 is 0. The monoisotopic (exact) mass is 297 g/mol. The highest BCUT2D eigenvalue weighted by atomic mass is 16.2. The first-order valence-electron chi connectivity index (χ1n) is 6.67. The maximum Gasteiger partial charge on any atom is 0.292 e. The number of pyridine rings is 1. The number of para-hydroxylation sites is 1. The van der Waals surface area contributed by atoms with E-state index in [0.29, 0.717) is 11.4 Å². The molecule has 1 heterocycles. The zero-order valence-electron chi connectivity index (χ0n) is 12.0. The molecule has 0 aliphatic carbocycles. The number of ketones is 1. The van der Waals surface area contributed by atoms with Crippen molar-refractivity contribution in [1.82, 2.24) is 10.3 Å². The highest BCUT2D eigenvalue weighted by molar-refractivity contribution is 6.44. The van der Waals surface area contributed by atoms with Crippen molar-refractivity contribution >= 4 is 23.3 Å². The van der Waals surface area contributed by atoms with Crippen molar-refractivity contribution in [3.8, 4) is 0 Å². The van der Waals surface area contributed by atoms with E-state index in [4.69, 9.17) is 0 Å². The van der Waals surface area contributed by atoms with Crippen LogP contribution in [0.1, 0.15) is 23.0 Å². The molecule has 0 saturated carbocycles. The fourth-order valence-electron chi connectivity index (χ4n) is 1.86. The molecule has 0 saturated heterocycles. The van der Waals surface area contributed by atoms with Crippen molar-refractivity contribution < 1.29 is 14.4 Å². The Labute approximate surface area is 127 Å². The quantitative estimate of drug-likeness (QED) is 0.647. The van der Waals surface area contributed by atoms with Gasteiger partial charge in [0.2, 0.25) is 5.91 Å². The summed E-state index contributed by atoms with van der Waals surface area (Å²) >= 11 is 0. The number of Topliss-reactive ketones (excluding diaryl/α,β-unsaturated/α-hetero) is 1. The molecule has 0 fully saturated rings. The third-order valence-electron chi connectivity index (χ3n) is 2.84. The van der Waals surface area contributed by atoms with Gasteiger partial charge in [0.05, 0.1) is 23.5 Å². The molecule has 6 heteroatoms. The molecule has 0 bridgehead atoms. The zero-order valence-corrected chi connectivity index (χ0v) is 12.0. The Morgan fingerprint density at radius 1 is 1.05 bits per heavy atom. The van der Waals surface area contributed by atoms with Gasteiger partial charge in [-0.05, 0) is 24.3 Å². The highest BCUT2D eigenvalue weighted by Gasteiger charge is 2.19. The predicted octanol–water partition coefficient (Wildman–Crippen LogP) is 1.54. The summed E-state index contributed by atoms with van der Waals surface area (Å²) in [6.07, 6.45) is 1.61. The Hall–Kier alpha value is -3.02. The smallest absolute Gasteiger partial charge is 0.292 e. The minimum absolute atomic E-state index is 0.149. The van der Waals surface area contributed by atoms with Gasteiger partial charge >= 0.3 is 0 Å². The third-order valence-corrected chi connectivity index (χ3v) is 2.84. The maximum absolute atomic E-state index is 12.2. The van der Waals surface area contributed by atoms with E-state index < -0.39 is 11.7 Å². The predicted molar refractivity (Wildman–Crippen MR) is 81.2 cm³/mol. The van der Waals surface area contributed by atoms with Crippen LogP contribution >= 0.6 is 0 Å². The number of aromatic nitrogens is 1. The first kappa shape index (κ1) is 15.4. The number of rotatable bonds is 5. The van der Waals surface area contributed by atoms with Crippen molar-refractivity contribution in [3.63, 3.8) is 0 Å². The van der Waals surface area contributed by atoms with E-state index in [1.165, 1.54) is 13.0 Å². The largest absolute Gasteiger partial charge is 0.344 e. The molecule has 0 radical (unpaired) electrons. The molecule has 2 aromatic rings. The van der Waals surface area contributed by atoms with Crippen LogP contribution in [-0.2, 0) is 16.1 Å². The lowest BCUT2D eigenvalue weighted by atomic mass is 10.1. The normalized spacial score (nSPS) is 9.86. The van der Waals surface area contributed by atoms with Gasteiger partial charge in [-0.2, -0.15) is 0 Å². The molecular weight excluding hydrogens is 282 g/mol. The molecule has 2 N–H and O–H groups in total. The van der Waals surface area contributed by atoms with Crippen molar-refractivity contribution in [3.05, 3.63) is 59.9 Å². The second-order valence-electron chi connectivity index (χ2n) is 4.56. The minimum atomic E-state index is -0.747. The molecule has 112 valence electrons. The van der Waals surface area contributed by atoms with Crippen LogP contribution < -0.4 is 10.6 Å². The maximum atomic E-state index is 12.2. The molecule has 0 aliphatic heterocycles. The summed E-state index contributed by atoms with van der Waals surface area (Å²) in [5, 5.41) is 5.04. The van der Waals surface area contributed by atoms with E-state index >= 15 is 0 Å². The number of hydrogen-bond acceptors (Lipinski definition) is 4. The molecule has 1 aromatic carbocycles. The molecule has 2 amide bonds. The second kappa shape index (κ2) is 7.12. The minimum Gasteiger partial charge on any atom is -0.344 e. The van der Waals surface area contributed by atoms with Gasteiger partial charge in [-0.25, -0.2) is 0 Å². The van der Waals surface area contributed by atoms with Gasteiger partial charge in [0.25, 0.3) is 11.7 Å². The second-order valence-corrected chi connectivity index (χ2v) is 4.56. The average Bonchev–Trinajstić information content (AvgIpc) is 2.53. The summed E-state index contributed by atoms with van der Waals surface area (Å²) in [5.74, 6) is -1.77. The lowest BCUT2D eigenvalue weighted by Gasteiger charge is -2.09. The van der Waals surface area contributed by atoms with Gasteiger partial charge in [-0.1, -0.05) is 18.2 Å². The molecule has 1 aromatic heterocycles. The number of nitrogens with one attached hydrogen (secondary N) is 2. The molecule has 0 aliphatic rings. The molecule has 0 unspecified atom stereocenters. The number of benzene rings is 1. The van der Waals surface area contributed by atoms with Gasteiger partial charge in [0.15, 0.2) is 0 Å². The van der Waals surface area contributed by atoms with Gasteiger partial charge in [0, 0.05) is 13.1 Å². The lowest BCUT2D eigenvalue weighted by molar-refractivity contribution is -0.117. The standard InChI is InChI=1S/C16H15N3O3/c1-11(20)19-14-8-3-2-7-13(14)15(21)16(22)18-10-12-6-4-5-9-17-12/h2-9H,10H2,1H3,(H,18,22)(H,19,20). The van der Waals surface area contributed by atoms with Crippen LogP contribution in [0, 0.1) is 0 Å². The molecule has 22 heavy (non-hydrogen) atoms. The molecular formula is C16H15N3O3. The lowest BCUT2D eigenvalue weighted by Crippen LogP contribution is -2.31. The summed E-state index contributed by atoms with van der Waals surface area (Å²) in [5.41, 5.74) is 1.11. The van der Waals surface area contributed by atoms with Crippen LogP contribution in [0.25, 0.3) is 0 Å². The third kappa shape index (κ3) is 3.99. The highest BCUT2D eigenvalue weighted by Crippen LogP contribution is 2.15.